The molecule has 0 amide bonds. The Balaban J connectivity index is 2.43. The average molecular weight is 225 g/mol. The Morgan fingerprint density at radius 3 is 2.92 bits per heavy atom. The molecule has 1 rings (SSSR count). The molecule has 3 nitrogen and oxygen atoms in total. The molecule has 1 unspecified atom stereocenters. The Bertz CT molecular complexity index is 172. The minimum absolute atomic E-state index is 0.417. The van der Waals surface area contributed by atoms with Crippen molar-refractivity contribution < 1.29 is 9.05 Å². The van der Waals surface area contributed by atoms with Gasteiger partial charge < -0.3 is 0 Å². The summed E-state index contributed by atoms with van der Waals surface area (Å²) in [4.78, 5) is 0. The van der Waals surface area contributed by atoms with Gasteiger partial charge in [0.15, 0.2) is 0 Å². The number of rotatable bonds is 4. The summed E-state index contributed by atoms with van der Waals surface area (Å²) in [5.41, 5.74) is 0. The van der Waals surface area contributed by atoms with Crippen molar-refractivity contribution in [2.45, 2.75) is 33.2 Å². The van der Waals surface area contributed by atoms with Crippen molar-refractivity contribution in [1.29, 1.82) is 0 Å². The Kier molecular flexibility index (Phi) is 4.46. The molecule has 5 heteroatoms. The van der Waals surface area contributed by atoms with Crippen LogP contribution >= 0.6 is 19.3 Å². The summed E-state index contributed by atoms with van der Waals surface area (Å²) in [6.07, 6.45) is 1.16. The Morgan fingerprint density at radius 1 is 1.69 bits per heavy atom. The van der Waals surface area contributed by atoms with Crippen LogP contribution in [0.25, 0.3) is 0 Å². The van der Waals surface area contributed by atoms with E-state index < -0.39 is 7.07 Å². The minimum atomic E-state index is -2.28. The molecular formula is C8H20NO2PS. The van der Waals surface area contributed by atoms with E-state index in [2.05, 4.69) is 31.2 Å². The summed E-state index contributed by atoms with van der Waals surface area (Å²) >= 11 is 4.44. The van der Waals surface area contributed by atoms with Crippen molar-refractivity contribution in [1.82, 2.24) is 5.09 Å². The van der Waals surface area contributed by atoms with Gasteiger partial charge in [-0.05, 0) is 0 Å². The first kappa shape index (κ1) is 11.7. The van der Waals surface area contributed by atoms with Gasteiger partial charge in [0, 0.05) is 0 Å². The summed E-state index contributed by atoms with van der Waals surface area (Å²) < 4.78 is 11.1. The van der Waals surface area contributed by atoms with Crippen molar-refractivity contribution in [2.24, 2.45) is 5.92 Å². The van der Waals surface area contributed by atoms with Gasteiger partial charge in [0.1, 0.15) is 0 Å². The SMILES string of the molecule is CCO[PH]1(S)N[C@@H](C(C)CC)CO1. The van der Waals surface area contributed by atoms with Crippen LogP contribution in [0.1, 0.15) is 27.2 Å². The first-order valence-corrected chi connectivity index (χ1v) is 7.99. The molecule has 1 fully saturated rings. The fraction of sp³-hybridized carbons (Fsp3) is 1.00. The summed E-state index contributed by atoms with van der Waals surface area (Å²) in [6.45, 7) is 7.78. The van der Waals surface area contributed by atoms with Crippen molar-refractivity contribution in [3.05, 3.63) is 0 Å². The molecule has 0 bridgehead atoms. The molecule has 1 saturated heterocycles. The fourth-order valence-electron chi connectivity index (χ4n) is 1.39. The van der Waals surface area contributed by atoms with Gasteiger partial charge in [-0.15, -0.1) is 0 Å². The Labute approximate surface area is 86.3 Å². The molecule has 0 aromatic rings. The van der Waals surface area contributed by atoms with Gasteiger partial charge in [0.05, 0.1) is 0 Å². The van der Waals surface area contributed by atoms with Crippen LogP contribution in [-0.4, -0.2) is 19.3 Å². The fourth-order valence-corrected chi connectivity index (χ4v) is 4.38. The van der Waals surface area contributed by atoms with Gasteiger partial charge in [-0.3, -0.25) is 0 Å². The van der Waals surface area contributed by atoms with Crippen LogP contribution in [0.3, 0.4) is 0 Å². The van der Waals surface area contributed by atoms with Gasteiger partial charge in [0.25, 0.3) is 0 Å². The van der Waals surface area contributed by atoms with Crippen LogP contribution in [-0.2, 0) is 9.05 Å². The van der Waals surface area contributed by atoms with E-state index >= 15 is 0 Å². The topological polar surface area (TPSA) is 30.5 Å². The third-order valence-electron chi connectivity index (χ3n) is 2.50. The molecule has 0 aliphatic carbocycles. The predicted octanol–water partition coefficient (Wildman–Crippen LogP) is 2.40. The van der Waals surface area contributed by atoms with E-state index in [-0.39, 0.29) is 0 Å². The van der Waals surface area contributed by atoms with Gasteiger partial charge in [-0.1, -0.05) is 0 Å². The molecule has 1 aliphatic heterocycles. The number of hydrogen-bond donors (Lipinski definition) is 2. The number of nitrogens with one attached hydrogen (secondary N) is 1. The Hall–Kier alpha value is 0.660. The third kappa shape index (κ3) is 3.07. The zero-order chi connectivity index (χ0) is 9.90. The molecule has 0 aromatic carbocycles. The second kappa shape index (κ2) is 4.94. The van der Waals surface area contributed by atoms with Crippen LogP contribution in [0.5, 0.6) is 0 Å². The first-order valence-electron chi connectivity index (χ1n) is 4.89. The van der Waals surface area contributed by atoms with Crippen LogP contribution in [0.4, 0.5) is 0 Å². The average Bonchev–Trinajstić information content (AvgIpc) is 2.47. The first-order chi connectivity index (χ1) is 6.11. The quantitative estimate of drug-likeness (QED) is 0.569. The summed E-state index contributed by atoms with van der Waals surface area (Å²) in [6, 6.07) is 0.417. The van der Waals surface area contributed by atoms with Gasteiger partial charge in [-0.25, -0.2) is 0 Å². The van der Waals surface area contributed by atoms with E-state index in [1.54, 1.807) is 0 Å². The van der Waals surface area contributed by atoms with Crippen molar-refractivity contribution in [2.75, 3.05) is 13.2 Å². The van der Waals surface area contributed by atoms with E-state index in [0.29, 0.717) is 18.6 Å². The maximum absolute atomic E-state index is 5.59. The molecule has 1 heterocycles. The van der Waals surface area contributed by atoms with Crippen LogP contribution < -0.4 is 5.09 Å². The molecule has 1 N–H and O–H groups in total. The molecule has 13 heavy (non-hydrogen) atoms. The van der Waals surface area contributed by atoms with Crippen molar-refractivity contribution in [3.8, 4) is 0 Å². The van der Waals surface area contributed by atoms with Crippen LogP contribution in [0, 0.1) is 5.92 Å². The molecule has 80 valence electrons. The van der Waals surface area contributed by atoms with E-state index in [1.807, 2.05) is 6.92 Å². The van der Waals surface area contributed by atoms with Crippen molar-refractivity contribution >= 4 is 19.3 Å². The van der Waals surface area contributed by atoms with Gasteiger partial charge >= 0.3 is 85.8 Å². The Morgan fingerprint density at radius 2 is 2.38 bits per heavy atom. The van der Waals surface area contributed by atoms with Crippen LogP contribution in [0.15, 0.2) is 0 Å². The summed E-state index contributed by atoms with van der Waals surface area (Å²) in [5, 5.41) is 3.38. The molecule has 0 aromatic heterocycles. The normalized spacial score (nSPS) is 31.5. The van der Waals surface area contributed by atoms with Crippen molar-refractivity contribution in [3.63, 3.8) is 0 Å². The summed E-state index contributed by atoms with van der Waals surface area (Å²) in [5.74, 6) is 0.627. The van der Waals surface area contributed by atoms with E-state index in [1.165, 1.54) is 0 Å². The zero-order valence-corrected chi connectivity index (χ0v) is 10.4. The molecule has 0 spiro atoms. The van der Waals surface area contributed by atoms with Crippen LogP contribution in [0.2, 0.25) is 0 Å². The number of hydrogen-bond acceptors (Lipinski definition) is 4. The molecular weight excluding hydrogens is 205 g/mol. The standard InChI is InChI=1S/C8H20NO2PS/c1-4-7(3)8-6-11-12(13,9-8)10-5-2/h7-9,12-13H,4-6H2,1-3H3/t7?,8-/m1/s1. The second-order valence-electron chi connectivity index (χ2n) is 3.46. The van der Waals surface area contributed by atoms with E-state index in [4.69, 9.17) is 9.05 Å². The molecule has 1 aliphatic rings. The third-order valence-corrected chi connectivity index (χ3v) is 5.63. The van der Waals surface area contributed by atoms with Gasteiger partial charge in [-0.2, -0.15) is 0 Å². The predicted molar refractivity (Wildman–Crippen MR) is 61.3 cm³/mol. The van der Waals surface area contributed by atoms with E-state index in [0.717, 1.165) is 13.0 Å². The molecule has 0 saturated carbocycles. The molecule has 0 radical (unpaired) electrons. The van der Waals surface area contributed by atoms with Gasteiger partial charge in [0.2, 0.25) is 0 Å². The maximum atomic E-state index is 5.59. The summed E-state index contributed by atoms with van der Waals surface area (Å²) in [7, 11) is -2.28. The second-order valence-corrected chi connectivity index (χ2v) is 7.26. The molecule has 2 atom stereocenters. The zero-order valence-electron chi connectivity index (χ0n) is 8.54. The van der Waals surface area contributed by atoms with E-state index in [9.17, 15) is 0 Å². The monoisotopic (exact) mass is 225 g/mol. The number of thiol groups is 1.